The van der Waals surface area contributed by atoms with Gasteiger partial charge in [-0.15, -0.1) is 0 Å². The van der Waals surface area contributed by atoms with Gasteiger partial charge in [0.25, 0.3) is 0 Å². The van der Waals surface area contributed by atoms with Crippen molar-refractivity contribution >= 4 is 11.6 Å². The Balaban J connectivity index is 1.66. The average molecular weight is 330 g/mol. The van der Waals surface area contributed by atoms with Gasteiger partial charge in [-0.2, -0.15) is 0 Å². The van der Waals surface area contributed by atoms with Crippen LogP contribution in [0.5, 0.6) is 0 Å². The standard InChI is InChI=1S/C20H30N2O2/c1-14-7-6-8-15(2)18(14)21-19(23)16(3)22-12-11-20(24)10-5-4-9-17(20)13-22/h6-8,16-17,24H,4-5,9-13H2,1-3H3,(H,21,23). The molecule has 3 atom stereocenters. The molecule has 0 spiro atoms. The van der Waals surface area contributed by atoms with E-state index in [0.29, 0.717) is 5.92 Å². The number of nitrogens with zero attached hydrogens (tertiary/aromatic N) is 1. The maximum Gasteiger partial charge on any atom is 0.241 e. The molecule has 132 valence electrons. The van der Waals surface area contributed by atoms with Gasteiger partial charge in [-0.1, -0.05) is 31.0 Å². The number of aliphatic hydroxyl groups is 1. The number of anilines is 1. The highest BCUT2D eigenvalue weighted by atomic mass is 16.3. The van der Waals surface area contributed by atoms with Crippen LogP contribution >= 0.6 is 0 Å². The van der Waals surface area contributed by atoms with Crippen LogP contribution in [0.1, 0.15) is 50.2 Å². The summed E-state index contributed by atoms with van der Waals surface area (Å²) in [5.41, 5.74) is 2.63. The number of fused-ring (bicyclic) bond motifs is 1. The van der Waals surface area contributed by atoms with Gasteiger partial charge in [0.15, 0.2) is 0 Å². The van der Waals surface area contributed by atoms with Crippen LogP contribution in [-0.2, 0) is 4.79 Å². The van der Waals surface area contributed by atoms with Crippen molar-refractivity contribution in [2.75, 3.05) is 18.4 Å². The molecule has 0 radical (unpaired) electrons. The maximum absolute atomic E-state index is 12.7. The Morgan fingerprint density at radius 1 is 1.29 bits per heavy atom. The number of piperidine rings is 1. The summed E-state index contributed by atoms with van der Waals surface area (Å²) in [5, 5.41) is 13.9. The second-order valence-corrected chi connectivity index (χ2v) is 7.72. The van der Waals surface area contributed by atoms with Gasteiger partial charge in [0, 0.05) is 24.7 Å². The molecule has 1 aromatic rings. The molecule has 2 fully saturated rings. The molecular weight excluding hydrogens is 300 g/mol. The number of carbonyl (C=O) groups is 1. The van der Waals surface area contributed by atoms with Crippen LogP contribution in [0, 0.1) is 19.8 Å². The molecule has 24 heavy (non-hydrogen) atoms. The fraction of sp³-hybridized carbons (Fsp3) is 0.650. The van der Waals surface area contributed by atoms with E-state index >= 15 is 0 Å². The Hall–Kier alpha value is -1.39. The fourth-order valence-electron chi connectivity index (χ4n) is 4.35. The highest BCUT2D eigenvalue weighted by molar-refractivity contribution is 5.95. The second-order valence-electron chi connectivity index (χ2n) is 7.72. The predicted octanol–water partition coefficient (Wildman–Crippen LogP) is 3.26. The van der Waals surface area contributed by atoms with E-state index in [1.54, 1.807) is 0 Å². The molecule has 2 N–H and O–H groups in total. The Kier molecular flexibility index (Phi) is 4.97. The lowest BCUT2D eigenvalue weighted by Gasteiger charge is -2.48. The molecule has 3 rings (SSSR count). The third kappa shape index (κ3) is 3.35. The monoisotopic (exact) mass is 330 g/mol. The van der Waals surface area contributed by atoms with Gasteiger partial charge in [0.1, 0.15) is 0 Å². The number of aryl methyl sites for hydroxylation is 2. The Morgan fingerprint density at radius 2 is 2.00 bits per heavy atom. The summed E-state index contributed by atoms with van der Waals surface area (Å²) in [4.78, 5) is 15.0. The summed E-state index contributed by atoms with van der Waals surface area (Å²) < 4.78 is 0. The van der Waals surface area contributed by atoms with Crippen LogP contribution in [0.3, 0.4) is 0 Å². The lowest BCUT2D eigenvalue weighted by atomic mass is 9.71. The number of hydrogen-bond acceptors (Lipinski definition) is 3. The lowest BCUT2D eigenvalue weighted by Crippen LogP contribution is -2.57. The Labute approximate surface area is 145 Å². The molecular formula is C20H30N2O2. The minimum atomic E-state index is -0.489. The summed E-state index contributed by atoms with van der Waals surface area (Å²) in [6, 6.07) is 5.89. The number of para-hydroxylation sites is 1. The smallest absolute Gasteiger partial charge is 0.241 e. The number of nitrogens with one attached hydrogen (secondary N) is 1. The zero-order valence-electron chi connectivity index (χ0n) is 15.1. The summed E-state index contributed by atoms with van der Waals surface area (Å²) in [6.07, 6.45) is 5.13. The average Bonchev–Trinajstić information content (AvgIpc) is 2.56. The van der Waals surface area contributed by atoms with Crippen molar-refractivity contribution in [3.05, 3.63) is 29.3 Å². The highest BCUT2D eigenvalue weighted by Gasteiger charge is 2.44. The van der Waals surface area contributed by atoms with Crippen LogP contribution < -0.4 is 5.32 Å². The number of rotatable bonds is 3. The Morgan fingerprint density at radius 3 is 2.71 bits per heavy atom. The molecule has 1 aliphatic carbocycles. The summed E-state index contributed by atoms with van der Waals surface area (Å²) in [7, 11) is 0. The van der Waals surface area contributed by atoms with Crippen LogP contribution in [0.2, 0.25) is 0 Å². The molecule has 1 heterocycles. The molecule has 4 nitrogen and oxygen atoms in total. The van der Waals surface area contributed by atoms with E-state index in [-0.39, 0.29) is 11.9 Å². The number of carbonyl (C=O) groups excluding carboxylic acids is 1. The number of benzene rings is 1. The third-order valence-corrected chi connectivity index (χ3v) is 6.12. The second kappa shape index (κ2) is 6.85. The first-order valence-electron chi connectivity index (χ1n) is 9.24. The number of amides is 1. The largest absolute Gasteiger partial charge is 0.390 e. The maximum atomic E-state index is 12.7. The summed E-state index contributed by atoms with van der Waals surface area (Å²) in [5.74, 6) is 0.365. The predicted molar refractivity (Wildman–Crippen MR) is 97.1 cm³/mol. The molecule has 2 aliphatic rings. The van der Waals surface area contributed by atoms with Gasteiger partial charge in [-0.3, -0.25) is 9.69 Å². The first kappa shape index (κ1) is 17.4. The van der Waals surface area contributed by atoms with E-state index in [0.717, 1.165) is 55.6 Å². The number of likely N-dealkylation sites (tertiary alicyclic amines) is 1. The van der Waals surface area contributed by atoms with Gasteiger partial charge in [0.05, 0.1) is 11.6 Å². The molecule has 4 heteroatoms. The van der Waals surface area contributed by atoms with Crippen LogP contribution in [0.25, 0.3) is 0 Å². The molecule has 3 unspecified atom stereocenters. The normalized spacial score (nSPS) is 28.9. The zero-order valence-corrected chi connectivity index (χ0v) is 15.1. The van der Waals surface area contributed by atoms with E-state index in [4.69, 9.17) is 0 Å². The van der Waals surface area contributed by atoms with E-state index in [2.05, 4.69) is 10.2 Å². The first-order chi connectivity index (χ1) is 11.4. The van der Waals surface area contributed by atoms with Crippen molar-refractivity contribution in [1.82, 2.24) is 4.90 Å². The van der Waals surface area contributed by atoms with Gasteiger partial charge >= 0.3 is 0 Å². The minimum Gasteiger partial charge on any atom is -0.390 e. The SMILES string of the molecule is Cc1cccc(C)c1NC(=O)C(C)N1CCC2(O)CCCCC2C1. The lowest BCUT2D eigenvalue weighted by molar-refractivity contribution is -0.129. The van der Waals surface area contributed by atoms with Crippen molar-refractivity contribution in [3.8, 4) is 0 Å². The fourth-order valence-corrected chi connectivity index (χ4v) is 4.35. The highest BCUT2D eigenvalue weighted by Crippen LogP contribution is 2.40. The van der Waals surface area contributed by atoms with Crippen molar-refractivity contribution in [2.45, 2.75) is 64.5 Å². The molecule has 0 bridgehead atoms. The van der Waals surface area contributed by atoms with Crippen molar-refractivity contribution < 1.29 is 9.90 Å². The summed E-state index contributed by atoms with van der Waals surface area (Å²) >= 11 is 0. The van der Waals surface area contributed by atoms with E-state index in [1.165, 1.54) is 6.42 Å². The van der Waals surface area contributed by atoms with Crippen molar-refractivity contribution in [3.63, 3.8) is 0 Å². The van der Waals surface area contributed by atoms with E-state index < -0.39 is 5.60 Å². The van der Waals surface area contributed by atoms with Gasteiger partial charge < -0.3 is 10.4 Å². The van der Waals surface area contributed by atoms with E-state index in [9.17, 15) is 9.90 Å². The van der Waals surface area contributed by atoms with Crippen LogP contribution in [0.4, 0.5) is 5.69 Å². The quantitative estimate of drug-likeness (QED) is 0.894. The molecule has 1 aliphatic heterocycles. The molecule has 1 saturated heterocycles. The molecule has 1 amide bonds. The number of hydrogen-bond donors (Lipinski definition) is 2. The van der Waals surface area contributed by atoms with Crippen molar-refractivity contribution in [2.24, 2.45) is 5.92 Å². The summed E-state index contributed by atoms with van der Waals surface area (Å²) in [6.45, 7) is 7.66. The van der Waals surface area contributed by atoms with Gasteiger partial charge in [0.2, 0.25) is 5.91 Å². The third-order valence-electron chi connectivity index (χ3n) is 6.12. The first-order valence-corrected chi connectivity index (χ1v) is 9.24. The minimum absolute atomic E-state index is 0.0497. The topological polar surface area (TPSA) is 52.6 Å². The van der Waals surface area contributed by atoms with Crippen molar-refractivity contribution in [1.29, 1.82) is 0 Å². The molecule has 1 saturated carbocycles. The van der Waals surface area contributed by atoms with Crippen LogP contribution in [-0.4, -0.2) is 40.6 Å². The Bertz CT molecular complexity index is 595. The van der Waals surface area contributed by atoms with Gasteiger partial charge in [-0.05, 0) is 51.2 Å². The van der Waals surface area contributed by atoms with Gasteiger partial charge in [-0.25, -0.2) is 0 Å². The van der Waals surface area contributed by atoms with E-state index in [1.807, 2.05) is 39.0 Å². The molecule has 1 aromatic carbocycles. The molecule has 0 aromatic heterocycles. The zero-order chi connectivity index (χ0) is 17.3. The van der Waals surface area contributed by atoms with Crippen LogP contribution in [0.15, 0.2) is 18.2 Å².